The summed E-state index contributed by atoms with van der Waals surface area (Å²) in [4.78, 5) is 16.4. The summed E-state index contributed by atoms with van der Waals surface area (Å²) in [5, 5.41) is 2.89. The first-order valence-electron chi connectivity index (χ1n) is 7.78. The molecule has 3 rings (SSSR count). The number of carbonyl (C=O) groups excluding carboxylic acids is 1. The number of hydrogen-bond donors (Lipinski definition) is 1. The van der Waals surface area contributed by atoms with Crippen LogP contribution in [-0.4, -0.2) is 28.2 Å². The molecule has 23 heavy (non-hydrogen) atoms. The average molecular weight is 315 g/mol. The van der Waals surface area contributed by atoms with Crippen LogP contribution in [0.15, 0.2) is 36.8 Å². The highest BCUT2D eigenvalue weighted by molar-refractivity contribution is 5.81. The Morgan fingerprint density at radius 2 is 2.17 bits per heavy atom. The van der Waals surface area contributed by atoms with Crippen molar-refractivity contribution in [1.29, 1.82) is 0 Å². The molecular formula is C17H21N3O3. The number of imidazole rings is 1. The fourth-order valence-corrected chi connectivity index (χ4v) is 2.49. The number of benzene rings is 1. The lowest BCUT2D eigenvalue weighted by molar-refractivity contribution is -0.130. The van der Waals surface area contributed by atoms with E-state index in [-0.39, 0.29) is 12.5 Å². The van der Waals surface area contributed by atoms with E-state index >= 15 is 0 Å². The summed E-state index contributed by atoms with van der Waals surface area (Å²) < 4.78 is 13.3. The Morgan fingerprint density at radius 3 is 2.96 bits per heavy atom. The molecule has 1 unspecified atom stereocenters. The van der Waals surface area contributed by atoms with E-state index in [1.54, 1.807) is 18.6 Å². The molecule has 0 spiro atoms. The topological polar surface area (TPSA) is 65.4 Å². The van der Waals surface area contributed by atoms with Crippen molar-refractivity contribution in [3.63, 3.8) is 0 Å². The number of fused-ring (bicyclic) bond motifs is 1. The number of ether oxygens (including phenoxy) is 2. The van der Waals surface area contributed by atoms with Gasteiger partial charge in [0.25, 0.3) is 5.91 Å². The first-order chi connectivity index (χ1) is 11.1. The number of aromatic nitrogens is 2. The molecule has 0 saturated heterocycles. The molecule has 0 radical (unpaired) electrons. The molecule has 122 valence electrons. The highest BCUT2D eigenvalue weighted by Gasteiger charge is 2.27. The largest absolute Gasteiger partial charge is 0.485 e. The van der Waals surface area contributed by atoms with Gasteiger partial charge in [-0.25, -0.2) is 4.98 Å². The van der Waals surface area contributed by atoms with E-state index in [1.165, 1.54) is 0 Å². The van der Waals surface area contributed by atoms with E-state index in [4.69, 9.17) is 9.47 Å². The van der Waals surface area contributed by atoms with Crippen LogP contribution in [0.3, 0.4) is 0 Å². The van der Waals surface area contributed by atoms with Crippen molar-refractivity contribution >= 4 is 5.91 Å². The molecule has 6 heteroatoms. The van der Waals surface area contributed by atoms with Crippen LogP contribution in [0.25, 0.3) is 0 Å². The summed E-state index contributed by atoms with van der Waals surface area (Å²) in [5.74, 6) is 1.61. The number of hydrogen-bond acceptors (Lipinski definition) is 4. The second-order valence-electron chi connectivity index (χ2n) is 6.01. The zero-order valence-electron chi connectivity index (χ0n) is 13.4. The van der Waals surface area contributed by atoms with E-state index in [2.05, 4.69) is 28.7 Å². The minimum absolute atomic E-state index is 0.184. The maximum absolute atomic E-state index is 12.3. The molecule has 1 aliphatic rings. The van der Waals surface area contributed by atoms with Crippen LogP contribution in [0.4, 0.5) is 0 Å². The summed E-state index contributed by atoms with van der Waals surface area (Å²) in [6, 6.07) is 7.35. The molecule has 0 saturated carbocycles. The highest BCUT2D eigenvalue weighted by Crippen LogP contribution is 2.30. The van der Waals surface area contributed by atoms with Crippen molar-refractivity contribution in [2.75, 3.05) is 6.61 Å². The molecule has 0 fully saturated rings. The minimum Gasteiger partial charge on any atom is -0.485 e. The molecular weight excluding hydrogens is 294 g/mol. The van der Waals surface area contributed by atoms with E-state index in [9.17, 15) is 4.79 Å². The van der Waals surface area contributed by atoms with Gasteiger partial charge in [-0.05, 0) is 18.1 Å². The van der Waals surface area contributed by atoms with Gasteiger partial charge in [-0.3, -0.25) is 4.79 Å². The minimum atomic E-state index is -0.633. The zero-order chi connectivity index (χ0) is 16.2. The zero-order valence-corrected chi connectivity index (χ0v) is 13.4. The first-order valence-corrected chi connectivity index (χ1v) is 7.78. The van der Waals surface area contributed by atoms with Crippen LogP contribution in [0.1, 0.15) is 19.5 Å². The van der Waals surface area contributed by atoms with Gasteiger partial charge in [-0.1, -0.05) is 26.0 Å². The molecule has 1 atom stereocenters. The van der Waals surface area contributed by atoms with Gasteiger partial charge in [0, 0.05) is 12.7 Å². The highest BCUT2D eigenvalue weighted by atomic mass is 16.6. The van der Waals surface area contributed by atoms with E-state index in [0.29, 0.717) is 24.0 Å². The van der Waals surface area contributed by atoms with Crippen LogP contribution in [-0.2, 0) is 17.9 Å². The lowest BCUT2D eigenvalue weighted by Gasteiger charge is -2.25. The smallest absolute Gasteiger partial charge is 0.265 e. The Morgan fingerprint density at radius 1 is 1.39 bits per heavy atom. The predicted octanol–water partition coefficient (Wildman–Crippen LogP) is 2.00. The van der Waals surface area contributed by atoms with E-state index < -0.39 is 6.10 Å². The molecule has 2 aromatic rings. The van der Waals surface area contributed by atoms with Gasteiger partial charge in [-0.15, -0.1) is 0 Å². The Hall–Kier alpha value is -2.50. The maximum atomic E-state index is 12.3. The van der Waals surface area contributed by atoms with Gasteiger partial charge in [-0.2, -0.15) is 0 Å². The summed E-state index contributed by atoms with van der Waals surface area (Å²) >= 11 is 0. The molecule has 1 aromatic heterocycles. The summed E-state index contributed by atoms with van der Waals surface area (Å²) in [7, 11) is 0. The molecule has 0 aliphatic carbocycles. The average Bonchev–Trinajstić information content (AvgIpc) is 2.98. The van der Waals surface area contributed by atoms with Crippen molar-refractivity contribution < 1.29 is 14.3 Å². The standard InChI is InChI=1S/C17H21N3O3/c1-12(2)9-20-11-18-7-13(20)8-19-17(21)16-10-22-14-5-3-4-6-15(14)23-16/h3-7,11-12,16H,8-10H2,1-2H3,(H,19,21). The number of amides is 1. The Balaban J connectivity index is 1.57. The molecule has 1 amide bonds. The van der Waals surface area contributed by atoms with Crippen LogP contribution < -0.4 is 14.8 Å². The third-order valence-electron chi connectivity index (χ3n) is 3.61. The van der Waals surface area contributed by atoms with Gasteiger partial charge >= 0.3 is 0 Å². The van der Waals surface area contributed by atoms with Crippen LogP contribution in [0.2, 0.25) is 0 Å². The fraction of sp³-hybridized carbons (Fsp3) is 0.412. The summed E-state index contributed by atoms with van der Waals surface area (Å²) in [6.45, 7) is 5.81. The van der Waals surface area contributed by atoms with Crippen molar-refractivity contribution in [3.8, 4) is 11.5 Å². The van der Waals surface area contributed by atoms with Gasteiger partial charge in [0.05, 0.1) is 18.6 Å². The number of rotatable bonds is 5. The van der Waals surface area contributed by atoms with Crippen LogP contribution >= 0.6 is 0 Å². The Bertz CT molecular complexity index is 681. The maximum Gasteiger partial charge on any atom is 0.265 e. The lowest BCUT2D eigenvalue weighted by Crippen LogP contribution is -2.43. The third-order valence-corrected chi connectivity index (χ3v) is 3.61. The van der Waals surface area contributed by atoms with E-state index in [0.717, 1.165) is 12.2 Å². The first kappa shape index (κ1) is 15.4. The molecule has 1 aromatic carbocycles. The second kappa shape index (κ2) is 6.73. The molecule has 6 nitrogen and oxygen atoms in total. The van der Waals surface area contributed by atoms with Crippen molar-refractivity contribution in [2.24, 2.45) is 5.92 Å². The Labute approximate surface area is 135 Å². The van der Waals surface area contributed by atoms with E-state index in [1.807, 2.05) is 18.2 Å². The third kappa shape index (κ3) is 3.64. The number of para-hydroxylation sites is 2. The summed E-state index contributed by atoms with van der Waals surface area (Å²) in [6.07, 6.45) is 2.93. The summed E-state index contributed by atoms with van der Waals surface area (Å²) in [5.41, 5.74) is 0.976. The van der Waals surface area contributed by atoms with Crippen molar-refractivity contribution in [3.05, 3.63) is 42.5 Å². The molecule has 0 bridgehead atoms. The van der Waals surface area contributed by atoms with Crippen LogP contribution in [0.5, 0.6) is 11.5 Å². The Kier molecular flexibility index (Phi) is 4.50. The van der Waals surface area contributed by atoms with Gasteiger partial charge < -0.3 is 19.4 Å². The lowest BCUT2D eigenvalue weighted by atomic mass is 10.2. The van der Waals surface area contributed by atoms with Crippen molar-refractivity contribution in [1.82, 2.24) is 14.9 Å². The van der Waals surface area contributed by atoms with Gasteiger partial charge in [0.1, 0.15) is 6.61 Å². The number of carbonyl (C=O) groups is 1. The SMILES string of the molecule is CC(C)Cn1cncc1CNC(=O)C1COc2ccccc2O1. The predicted molar refractivity (Wildman–Crippen MR) is 85.3 cm³/mol. The van der Waals surface area contributed by atoms with Gasteiger partial charge in [0.2, 0.25) is 6.10 Å². The number of nitrogens with one attached hydrogen (secondary N) is 1. The normalized spacial score (nSPS) is 16.4. The monoisotopic (exact) mass is 315 g/mol. The molecule has 1 N–H and O–H groups in total. The van der Waals surface area contributed by atoms with Crippen molar-refractivity contribution in [2.45, 2.75) is 33.0 Å². The fourth-order valence-electron chi connectivity index (χ4n) is 2.49. The van der Waals surface area contributed by atoms with Gasteiger partial charge in [0.15, 0.2) is 11.5 Å². The molecule has 2 heterocycles. The number of nitrogens with zero attached hydrogens (tertiary/aromatic N) is 2. The van der Waals surface area contributed by atoms with Crippen LogP contribution in [0, 0.1) is 5.92 Å². The quantitative estimate of drug-likeness (QED) is 0.916. The second-order valence-corrected chi connectivity index (χ2v) is 6.01. The molecule has 1 aliphatic heterocycles.